The molecule has 2 aromatic carbocycles. The number of rotatable bonds is 4. The van der Waals surface area contributed by atoms with Crippen LogP contribution in [-0.4, -0.2) is 23.5 Å². The second-order valence-electron chi connectivity index (χ2n) is 4.72. The number of aromatic hydroxyl groups is 1. The summed E-state index contributed by atoms with van der Waals surface area (Å²) in [5.41, 5.74) is 5.23. The Bertz CT molecular complexity index is 734. The third kappa shape index (κ3) is 4.62. The van der Waals surface area contributed by atoms with Crippen molar-refractivity contribution in [1.82, 2.24) is 10.9 Å². The number of carbonyl (C=O) groups excluding carboxylic acids is 2. The fraction of sp³-hybridized carbons (Fsp3) is 0.125. The van der Waals surface area contributed by atoms with Gasteiger partial charge in [0.15, 0.2) is 6.61 Å². The van der Waals surface area contributed by atoms with E-state index in [0.29, 0.717) is 10.8 Å². The van der Waals surface area contributed by atoms with Crippen LogP contribution in [0.1, 0.15) is 15.9 Å². The molecule has 3 N–H and O–H groups in total. The van der Waals surface area contributed by atoms with E-state index in [4.69, 9.17) is 16.3 Å². The number of amides is 2. The van der Waals surface area contributed by atoms with Gasteiger partial charge in [-0.25, -0.2) is 0 Å². The van der Waals surface area contributed by atoms with E-state index in [-0.39, 0.29) is 17.9 Å². The summed E-state index contributed by atoms with van der Waals surface area (Å²) >= 11 is 5.76. The van der Waals surface area contributed by atoms with Crippen LogP contribution in [0.3, 0.4) is 0 Å². The normalized spacial score (nSPS) is 10.0. The molecule has 0 aromatic heterocycles. The fourth-order valence-electron chi connectivity index (χ4n) is 1.78. The Morgan fingerprint density at radius 1 is 1.17 bits per heavy atom. The van der Waals surface area contributed by atoms with Gasteiger partial charge in [-0.05, 0) is 36.8 Å². The predicted molar refractivity (Wildman–Crippen MR) is 85.4 cm³/mol. The van der Waals surface area contributed by atoms with Crippen LogP contribution >= 0.6 is 11.6 Å². The predicted octanol–water partition coefficient (Wildman–Crippen LogP) is 2.19. The molecule has 0 unspecified atom stereocenters. The highest BCUT2D eigenvalue weighted by molar-refractivity contribution is 6.31. The van der Waals surface area contributed by atoms with Crippen molar-refractivity contribution in [3.8, 4) is 11.5 Å². The fourth-order valence-corrected chi connectivity index (χ4v) is 1.95. The molecule has 0 bridgehead atoms. The lowest BCUT2D eigenvalue weighted by molar-refractivity contribution is -0.123. The van der Waals surface area contributed by atoms with Crippen molar-refractivity contribution >= 4 is 23.4 Å². The third-order valence-electron chi connectivity index (χ3n) is 2.97. The largest absolute Gasteiger partial charge is 0.507 e. The molecule has 0 aliphatic heterocycles. The molecule has 0 aliphatic rings. The minimum absolute atomic E-state index is 0.0439. The first-order valence-electron chi connectivity index (χ1n) is 6.73. The average molecular weight is 335 g/mol. The zero-order valence-electron chi connectivity index (χ0n) is 12.3. The second-order valence-corrected chi connectivity index (χ2v) is 5.15. The van der Waals surface area contributed by atoms with E-state index < -0.39 is 11.8 Å². The summed E-state index contributed by atoms with van der Waals surface area (Å²) in [7, 11) is 0. The molecular formula is C16H15ClN2O4. The van der Waals surface area contributed by atoms with E-state index >= 15 is 0 Å². The number of phenolic OH excluding ortho intramolecular Hbond substituents is 1. The topological polar surface area (TPSA) is 87.7 Å². The maximum atomic E-state index is 11.9. The monoisotopic (exact) mass is 334 g/mol. The number of ether oxygens (including phenoxy) is 1. The second kappa shape index (κ2) is 7.51. The first-order chi connectivity index (χ1) is 11.0. The van der Waals surface area contributed by atoms with E-state index in [2.05, 4.69) is 10.9 Å². The minimum atomic E-state index is -0.686. The molecule has 0 atom stereocenters. The number of aryl methyl sites for hydroxylation is 1. The SMILES string of the molecule is Cc1ccccc1OCC(=O)NNC(=O)c1cc(Cl)ccc1O. The molecule has 0 saturated carbocycles. The van der Waals surface area contributed by atoms with Gasteiger partial charge in [-0.2, -0.15) is 0 Å². The Labute approximate surface area is 138 Å². The molecule has 0 fully saturated rings. The van der Waals surface area contributed by atoms with E-state index in [1.54, 1.807) is 12.1 Å². The van der Waals surface area contributed by atoms with Gasteiger partial charge >= 0.3 is 0 Å². The van der Waals surface area contributed by atoms with Crippen LogP contribution in [0.2, 0.25) is 5.02 Å². The van der Waals surface area contributed by atoms with E-state index in [1.807, 2.05) is 19.1 Å². The summed E-state index contributed by atoms with van der Waals surface area (Å²) in [6.45, 7) is 1.60. The number of halogens is 1. The summed E-state index contributed by atoms with van der Waals surface area (Å²) in [4.78, 5) is 23.5. The van der Waals surface area contributed by atoms with Gasteiger partial charge in [-0.15, -0.1) is 0 Å². The standard InChI is InChI=1S/C16H15ClN2O4/c1-10-4-2-3-5-14(10)23-9-15(21)18-19-16(22)12-8-11(17)6-7-13(12)20/h2-8,20H,9H2,1H3,(H,18,21)(H,19,22). The number of nitrogens with one attached hydrogen (secondary N) is 2. The van der Waals surface area contributed by atoms with E-state index in [0.717, 1.165) is 5.56 Å². The number of para-hydroxylation sites is 1. The maximum Gasteiger partial charge on any atom is 0.276 e. The molecule has 6 nitrogen and oxygen atoms in total. The van der Waals surface area contributed by atoms with Gasteiger partial charge in [0.05, 0.1) is 5.56 Å². The van der Waals surface area contributed by atoms with Crippen LogP contribution in [0.15, 0.2) is 42.5 Å². The Morgan fingerprint density at radius 2 is 1.91 bits per heavy atom. The van der Waals surface area contributed by atoms with Crippen molar-refractivity contribution in [2.75, 3.05) is 6.61 Å². The number of phenols is 1. The quantitative estimate of drug-likeness (QED) is 0.748. The zero-order chi connectivity index (χ0) is 16.8. The highest BCUT2D eigenvalue weighted by Gasteiger charge is 2.13. The molecule has 2 aromatic rings. The van der Waals surface area contributed by atoms with E-state index in [1.165, 1.54) is 18.2 Å². The Hall–Kier alpha value is -2.73. The van der Waals surface area contributed by atoms with Crippen molar-refractivity contribution in [2.45, 2.75) is 6.92 Å². The Balaban J connectivity index is 1.86. The van der Waals surface area contributed by atoms with E-state index in [9.17, 15) is 14.7 Å². The summed E-state index contributed by atoms with van der Waals surface area (Å²) < 4.78 is 5.35. The lowest BCUT2D eigenvalue weighted by Crippen LogP contribution is -2.43. The molecule has 0 spiro atoms. The first-order valence-corrected chi connectivity index (χ1v) is 7.11. The van der Waals surface area contributed by atoms with Gasteiger partial charge in [0.1, 0.15) is 11.5 Å². The molecule has 23 heavy (non-hydrogen) atoms. The molecule has 0 radical (unpaired) electrons. The van der Waals surface area contributed by atoms with Crippen molar-refractivity contribution < 1.29 is 19.4 Å². The Morgan fingerprint density at radius 3 is 2.65 bits per heavy atom. The van der Waals surface area contributed by atoms with Crippen LogP contribution in [0, 0.1) is 6.92 Å². The summed E-state index contributed by atoms with van der Waals surface area (Å²) in [6.07, 6.45) is 0. The number of hydrazine groups is 1. The van der Waals surface area contributed by atoms with Gasteiger partial charge in [0.2, 0.25) is 0 Å². The van der Waals surface area contributed by atoms with Gasteiger partial charge in [0.25, 0.3) is 11.8 Å². The molecule has 120 valence electrons. The van der Waals surface area contributed by atoms with Gasteiger partial charge in [-0.1, -0.05) is 29.8 Å². The van der Waals surface area contributed by atoms with Crippen LogP contribution in [0.25, 0.3) is 0 Å². The molecule has 0 saturated heterocycles. The van der Waals surface area contributed by atoms with Crippen molar-refractivity contribution in [3.63, 3.8) is 0 Å². The summed E-state index contributed by atoms with van der Waals surface area (Å²) in [6, 6.07) is 11.3. The molecule has 2 amide bonds. The first kappa shape index (κ1) is 16.6. The lowest BCUT2D eigenvalue weighted by Gasteiger charge is -2.10. The molecule has 7 heteroatoms. The zero-order valence-corrected chi connectivity index (χ0v) is 13.1. The smallest absolute Gasteiger partial charge is 0.276 e. The lowest BCUT2D eigenvalue weighted by atomic mass is 10.2. The van der Waals surface area contributed by atoms with Gasteiger partial charge < -0.3 is 9.84 Å². The molecule has 2 rings (SSSR count). The highest BCUT2D eigenvalue weighted by Crippen LogP contribution is 2.21. The number of benzene rings is 2. The number of hydrogen-bond donors (Lipinski definition) is 3. The van der Waals surface area contributed by atoms with Crippen molar-refractivity contribution in [1.29, 1.82) is 0 Å². The van der Waals surface area contributed by atoms with Crippen LogP contribution in [0.5, 0.6) is 11.5 Å². The summed E-state index contributed by atoms with van der Waals surface area (Å²) in [5, 5.41) is 9.89. The van der Waals surface area contributed by atoms with Crippen LogP contribution in [-0.2, 0) is 4.79 Å². The molecule has 0 heterocycles. The molecular weight excluding hydrogens is 320 g/mol. The summed E-state index contributed by atoms with van der Waals surface area (Å²) in [5.74, 6) is -0.879. The number of carbonyl (C=O) groups is 2. The maximum absolute atomic E-state index is 11.9. The van der Waals surface area contributed by atoms with Crippen molar-refractivity contribution in [2.24, 2.45) is 0 Å². The molecule has 0 aliphatic carbocycles. The Kier molecular flexibility index (Phi) is 5.43. The van der Waals surface area contributed by atoms with Gasteiger partial charge in [0, 0.05) is 5.02 Å². The average Bonchev–Trinajstić information content (AvgIpc) is 2.54. The van der Waals surface area contributed by atoms with Crippen LogP contribution < -0.4 is 15.6 Å². The number of hydrogen-bond acceptors (Lipinski definition) is 4. The third-order valence-corrected chi connectivity index (χ3v) is 3.21. The highest BCUT2D eigenvalue weighted by atomic mass is 35.5. The van der Waals surface area contributed by atoms with Gasteiger partial charge in [-0.3, -0.25) is 20.4 Å². The van der Waals surface area contributed by atoms with Crippen molar-refractivity contribution in [3.05, 3.63) is 58.6 Å². The minimum Gasteiger partial charge on any atom is -0.507 e. The van der Waals surface area contributed by atoms with Crippen LogP contribution in [0.4, 0.5) is 0 Å².